The fourth-order valence-electron chi connectivity index (χ4n) is 3.50. The fraction of sp³-hybridized carbons (Fsp3) is 0.174. The Balaban J connectivity index is 2.14. The van der Waals surface area contributed by atoms with Crippen molar-refractivity contribution < 1.29 is 9.09 Å². The largest absolute Gasteiger partial charge is 0.321 e. The first-order valence-corrected chi connectivity index (χ1v) is 10.8. The van der Waals surface area contributed by atoms with E-state index < -0.39 is 7.37 Å². The zero-order valence-electron chi connectivity index (χ0n) is 15.8. The third kappa shape index (κ3) is 3.07. The summed E-state index contributed by atoms with van der Waals surface area (Å²) in [6.45, 7) is 6.33. The summed E-state index contributed by atoms with van der Waals surface area (Å²) >= 11 is 0. The molecule has 0 radical (unpaired) electrons. The van der Waals surface area contributed by atoms with Gasteiger partial charge in [-0.05, 0) is 56.5 Å². The van der Waals surface area contributed by atoms with Gasteiger partial charge in [-0.2, -0.15) is 0 Å². The molecular weight excluding hydrogens is 353 g/mol. The number of hydrogen-bond acceptors (Lipinski definition) is 3. The van der Waals surface area contributed by atoms with E-state index in [9.17, 15) is 4.57 Å². The molecule has 1 atom stereocenters. The summed E-state index contributed by atoms with van der Waals surface area (Å²) in [4.78, 5) is 4.86. The van der Waals surface area contributed by atoms with Gasteiger partial charge in [-0.3, -0.25) is 4.57 Å². The van der Waals surface area contributed by atoms with Gasteiger partial charge in [0, 0.05) is 16.1 Å². The second-order valence-corrected chi connectivity index (χ2v) is 9.11. The molecule has 1 unspecified atom stereocenters. The first-order chi connectivity index (χ1) is 13.0. The lowest BCUT2D eigenvalue weighted by molar-refractivity contribution is 0.347. The van der Waals surface area contributed by atoms with Crippen molar-refractivity contribution in [2.24, 2.45) is 0 Å². The molecule has 0 aliphatic rings. The average Bonchev–Trinajstić information content (AvgIpc) is 2.68. The van der Waals surface area contributed by atoms with Crippen molar-refractivity contribution >= 4 is 39.8 Å². The minimum Gasteiger partial charge on any atom is -0.321 e. The van der Waals surface area contributed by atoms with Crippen LogP contribution in [0.3, 0.4) is 0 Å². The molecule has 0 aliphatic heterocycles. The van der Waals surface area contributed by atoms with Crippen LogP contribution in [0.2, 0.25) is 0 Å². The van der Waals surface area contributed by atoms with Crippen molar-refractivity contribution in [3.05, 3.63) is 77.9 Å². The highest BCUT2D eigenvalue weighted by Gasteiger charge is 2.32. The van der Waals surface area contributed by atoms with Gasteiger partial charge in [0.1, 0.15) is 5.44 Å². The van der Waals surface area contributed by atoms with Gasteiger partial charge in [-0.1, -0.05) is 47.5 Å². The normalized spacial score (nSPS) is 13.7. The third-order valence-corrected chi connectivity index (χ3v) is 7.27. The summed E-state index contributed by atoms with van der Waals surface area (Å²) in [5.41, 5.74) is 3.65. The molecule has 0 saturated heterocycles. The van der Waals surface area contributed by atoms with Crippen molar-refractivity contribution in [2.75, 3.05) is 6.61 Å². The summed E-state index contributed by atoms with van der Waals surface area (Å²) in [5.74, 6) is 0. The molecular formula is C23H22NO2P. The molecule has 0 fully saturated rings. The summed E-state index contributed by atoms with van der Waals surface area (Å²) in [6.07, 6.45) is 0. The van der Waals surface area contributed by atoms with Crippen LogP contribution in [-0.2, 0) is 9.09 Å². The quantitative estimate of drug-likeness (QED) is 0.360. The number of pyridine rings is 1. The monoisotopic (exact) mass is 375 g/mol. The van der Waals surface area contributed by atoms with E-state index in [-0.39, 0.29) is 0 Å². The Bertz CT molecular complexity index is 1190. The highest BCUT2D eigenvalue weighted by Crippen LogP contribution is 2.46. The molecule has 0 N–H and O–H groups in total. The van der Waals surface area contributed by atoms with Crippen LogP contribution >= 0.6 is 7.37 Å². The van der Waals surface area contributed by atoms with Crippen LogP contribution in [0.4, 0.5) is 0 Å². The van der Waals surface area contributed by atoms with Crippen LogP contribution in [0.15, 0.2) is 66.7 Å². The number of aryl methyl sites for hydroxylation is 2. The molecule has 4 heteroatoms. The van der Waals surface area contributed by atoms with Gasteiger partial charge in [0.25, 0.3) is 7.37 Å². The highest BCUT2D eigenvalue weighted by molar-refractivity contribution is 7.74. The van der Waals surface area contributed by atoms with Gasteiger partial charge in [-0.25, -0.2) is 4.98 Å². The fourth-order valence-corrected chi connectivity index (χ4v) is 5.69. The smallest absolute Gasteiger partial charge is 0.279 e. The van der Waals surface area contributed by atoms with Crippen LogP contribution in [-0.4, -0.2) is 11.6 Å². The molecule has 0 bridgehead atoms. The Kier molecular flexibility index (Phi) is 4.59. The molecule has 0 saturated carbocycles. The molecule has 3 aromatic carbocycles. The number of fused-ring (bicyclic) bond motifs is 3. The number of rotatable bonds is 4. The van der Waals surface area contributed by atoms with Gasteiger partial charge in [0.2, 0.25) is 0 Å². The average molecular weight is 375 g/mol. The zero-order valence-corrected chi connectivity index (χ0v) is 16.7. The minimum absolute atomic E-state index is 0.354. The molecule has 0 amide bonds. The van der Waals surface area contributed by atoms with E-state index in [1.807, 2.05) is 56.3 Å². The molecule has 1 heterocycles. The third-order valence-electron chi connectivity index (χ3n) is 4.77. The number of aromatic nitrogens is 1. The van der Waals surface area contributed by atoms with Crippen LogP contribution < -0.4 is 10.7 Å². The van der Waals surface area contributed by atoms with Gasteiger partial charge >= 0.3 is 0 Å². The van der Waals surface area contributed by atoms with Crippen LogP contribution in [0, 0.1) is 13.8 Å². The number of nitrogens with zero attached hydrogens (tertiary/aromatic N) is 1. The molecule has 27 heavy (non-hydrogen) atoms. The van der Waals surface area contributed by atoms with Gasteiger partial charge in [-0.15, -0.1) is 0 Å². The maximum Gasteiger partial charge on any atom is 0.279 e. The van der Waals surface area contributed by atoms with Gasteiger partial charge in [0.05, 0.1) is 12.1 Å². The Labute approximate surface area is 159 Å². The maximum absolute atomic E-state index is 14.2. The predicted molar refractivity (Wildman–Crippen MR) is 114 cm³/mol. The highest BCUT2D eigenvalue weighted by atomic mass is 31.2. The minimum atomic E-state index is -3.32. The standard InChI is InChI=1S/C23H22NO2P/c1-4-26-27(25,18-8-6-5-7-9-18)23-21-15-16(2)10-12-19(21)20-14-17(3)11-13-22(20)24-23/h5-15H,4H2,1-3H3. The van der Waals surface area contributed by atoms with E-state index >= 15 is 0 Å². The van der Waals surface area contributed by atoms with E-state index in [2.05, 4.69) is 31.2 Å². The van der Waals surface area contributed by atoms with Crippen molar-refractivity contribution in [2.45, 2.75) is 20.8 Å². The van der Waals surface area contributed by atoms with E-state index in [1.165, 1.54) is 5.56 Å². The summed E-state index contributed by atoms with van der Waals surface area (Å²) in [5, 5.41) is 3.70. The first kappa shape index (κ1) is 17.9. The van der Waals surface area contributed by atoms with E-state index in [4.69, 9.17) is 9.51 Å². The molecule has 0 spiro atoms. The van der Waals surface area contributed by atoms with E-state index in [1.54, 1.807) is 0 Å². The molecule has 136 valence electrons. The summed E-state index contributed by atoms with van der Waals surface area (Å²) in [6, 6.07) is 21.8. The summed E-state index contributed by atoms with van der Waals surface area (Å²) in [7, 11) is -3.32. The topological polar surface area (TPSA) is 39.2 Å². The van der Waals surface area contributed by atoms with Gasteiger partial charge < -0.3 is 4.52 Å². The molecule has 0 aliphatic carbocycles. The lowest BCUT2D eigenvalue weighted by atomic mass is 10.0. The van der Waals surface area contributed by atoms with Crippen molar-refractivity contribution in [1.29, 1.82) is 0 Å². The molecule has 3 nitrogen and oxygen atoms in total. The first-order valence-electron chi connectivity index (χ1n) is 9.14. The molecule has 4 rings (SSSR count). The Morgan fingerprint density at radius 1 is 0.852 bits per heavy atom. The second-order valence-electron chi connectivity index (χ2n) is 6.81. The zero-order chi connectivity index (χ0) is 19.0. The van der Waals surface area contributed by atoms with Crippen LogP contribution in [0.5, 0.6) is 0 Å². The van der Waals surface area contributed by atoms with E-state index in [0.717, 1.165) is 27.2 Å². The predicted octanol–water partition coefficient (Wildman–Crippen LogP) is 5.27. The van der Waals surface area contributed by atoms with Crippen LogP contribution in [0.1, 0.15) is 18.1 Å². The van der Waals surface area contributed by atoms with Gasteiger partial charge in [0.15, 0.2) is 0 Å². The van der Waals surface area contributed by atoms with Crippen molar-refractivity contribution in [3.8, 4) is 0 Å². The molecule has 1 aromatic heterocycles. The number of benzene rings is 3. The second kappa shape index (κ2) is 6.92. The maximum atomic E-state index is 14.2. The molecule has 4 aromatic rings. The lowest BCUT2D eigenvalue weighted by Gasteiger charge is -2.20. The number of hydrogen-bond donors (Lipinski definition) is 0. The Hall–Kier alpha value is -2.48. The van der Waals surface area contributed by atoms with Crippen LogP contribution in [0.25, 0.3) is 21.7 Å². The van der Waals surface area contributed by atoms with Crippen molar-refractivity contribution in [3.63, 3.8) is 0 Å². The van der Waals surface area contributed by atoms with E-state index in [0.29, 0.717) is 17.3 Å². The van der Waals surface area contributed by atoms with Crippen molar-refractivity contribution in [1.82, 2.24) is 4.98 Å². The Morgan fingerprint density at radius 3 is 2.22 bits per heavy atom. The lowest BCUT2D eigenvalue weighted by Crippen LogP contribution is -2.22. The Morgan fingerprint density at radius 2 is 1.52 bits per heavy atom. The SMILES string of the molecule is CCOP(=O)(c1ccccc1)c1nc2ccc(C)cc2c2ccc(C)cc12. The summed E-state index contributed by atoms with van der Waals surface area (Å²) < 4.78 is 20.1.